The molecule has 0 saturated carbocycles. The van der Waals surface area contributed by atoms with E-state index in [0.29, 0.717) is 36.8 Å². The van der Waals surface area contributed by atoms with E-state index in [1.54, 1.807) is 31.4 Å². The zero-order valence-electron chi connectivity index (χ0n) is 17.1. The van der Waals surface area contributed by atoms with Crippen molar-refractivity contribution >= 4 is 49.7 Å². The lowest BCUT2D eigenvalue weighted by molar-refractivity contribution is 0.102. The summed E-state index contributed by atoms with van der Waals surface area (Å²) < 4.78 is 32.4. The lowest BCUT2D eigenvalue weighted by Gasteiger charge is -2.34. The summed E-state index contributed by atoms with van der Waals surface area (Å²) >= 11 is 6.65. The number of aromatic nitrogens is 2. The van der Waals surface area contributed by atoms with Crippen molar-refractivity contribution in [1.29, 1.82) is 0 Å². The maximum atomic E-state index is 13.0. The van der Waals surface area contributed by atoms with Crippen molar-refractivity contribution in [1.82, 2.24) is 14.5 Å². The van der Waals surface area contributed by atoms with Crippen molar-refractivity contribution < 1.29 is 17.9 Å². The van der Waals surface area contributed by atoms with Crippen LogP contribution in [-0.2, 0) is 10.0 Å². The van der Waals surface area contributed by atoms with Crippen LogP contribution in [-0.4, -0.2) is 62.1 Å². The molecule has 2 aromatic carbocycles. The molecule has 0 unspecified atom stereocenters. The molecule has 12 heteroatoms. The van der Waals surface area contributed by atoms with E-state index in [1.165, 1.54) is 4.31 Å². The number of ether oxygens (including phenoxy) is 1. The Labute approximate surface area is 194 Å². The molecule has 1 aliphatic heterocycles. The molecule has 1 N–H and O–H groups in total. The number of amides is 1. The molecular formula is C20H20ClN5O4S2. The standard InChI is InChI=1S/C20H20ClN5O4S2/c1-30-17-8-6-16(7-9-17)25-10-12-26(13-11-25)32(28,29)20-24-23-19(31-20)22-18(27)14-2-4-15(21)5-3-14/h2-9H,10-13H2,1H3,(H,22,23,27). The van der Waals surface area contributed by atoms with Crippen molar-refractivity contribution in [3.8, 4) is 5.75 Å². The largest absolute Gasteiger partial charge is 0.497 e. The first-order valence-electron chi connectivity index (χ1n) is 9.66. The van der Waals surface area contributed by atoms with Gasteiger partial charge in [-0.25, -0.2) is 8.42 Å². The molecule has 4 rings (SSSR count). The number of hydrogen-bond acceptors (Lipinski definition) is 8. The van der Waals surface area contributed by atoms with Crippen LogP contribution in [0.2, 0.25) is 5.02 Å². The van der Waals surface area contributed by atoms with Gasteiger partial charge in [-0.15, -0.1) is 10.2 Å². The predicted molar refractivity (Wildman–Crippen MR) is 123 cm³/mol. The van der Waals surface area contributed by atoms with Crippen LogP contribution >= 0.6 is 22.9 Å². The summed E-state index contributed by atoms with van der Waals surface area (Å²) in [4.78, 5) is 14.4. The van der Waals surface area contributed by atoms with Crippen molar-refractivity contribution in [3.05, 3.63) is 59.1 Å². The van der Waals surface area contributed by atoms with E-state index in [9.17, 15) is 13.2 Å². The predicted octanol–water partition coefficient (Wildman–Crippen LogP) is 2.96. The number of anilines is 2. The van der Waals surface area contributed by atoms with Crippen LogP contribution in [0.1, 0.15) is 10.4 Å². The van der Waals surface area contributed by atoms with Crippen LogP contribution in [0.15, 0.2) is 52.9 Å². The van der Waals surface area contributed by atoms with Gasteiger partial charge in [0.15, 0.2) is 0 Å². The third kappa shape index (κ3) is 4.85. The normalized spacial score (nSPS) is 14.9. The van der Waals surface area contributed by atoms with Gasteiger partial charge >= 0.3 is 0 Å². The van der Waals surface area contributed by atoms with Crippen molar-refractivity contribution in [3.63, 3.8) is 0 Å². The van der Waals surface area contributed by atoms with Gasteiger partial charge in [0, 0.05) is 42.5 Å². The fourth-order valence-corrected chi connectivity index (χ4v) is 5.81. The molecule has 0 radical (unpaired) electrons. The lowest BCUT2D eigenvalue weighted by Crippen LogP contribution is -2.48. The van der Waals surface area contributed by atoms with Crippen molar-refractivity contribution in [2.24, 2.45) is 0 Å². The Kier molecular flexibility index (Phi) is 6.60. The number of nitrogens with one attached hydrogen (secondary N) is 1. The molecule has 0 aliphatic carbocycles. The van der Waals surface area contributed by atoms with Gasteiger partial charge in [-0.05, 0) is 48.5 Å². The highest BCUT2D eigenvalue weighted by Crippen LogP contribution is 2.26. The van der Waals surface area contributed by atoms with Gasteiger partial charge in [-0.3, -0.25) is 10.1 Å². The van der Waals surface area contributed by atoms with Gasteiger partial charge in [-0.1, -0.05) is 22.9 Å². The fraction of sp³-hybridized carbons (Fsp3) is 0.250. The Hall–Kier alpha value is -2.73. The van der Waals surface area contributed by atoms with Gasteiger partial charge in [0.25, 0.3) is 15.9 Å². The minimum atomic E-state index is -3.80. The molecule has 1 saturated heterocycles. The number of carbonyl (C=O) groups is 1. The first kappa shape index (κ1) is 22.5. The molecule has 1 aromatic heterocycles. The van der Waals surface area contributed by atoms with Crippen molar-refractivity contribution in [2.75, 3.05) is 43.5 Å². The summed E-state index contributed by atoms with van der Waals surface area (Å²) in [6.07, 6.45) is 0. The smallest absolute Gasteiger partial charge is 0.272 e. The van der Waals surface area contributed by atoms with E-state index in [4.69, 9.17) is 16.3 Å². The third-order valence-corrected chi connectivity index (χ3v) is 8.31. The topological polar surface area (TPSA) is 105 Å². The Morgan fingerprint density at radius 1 is 1.03 bits per heavy atom. The first-order valence-corrected chi connectivity index (χ1v) is 12.3. The Bertz CT molecular complexity index is 1190. The van der Waals surface area contributed by atoms with E-state index in [0.717, 1.165) is 22.8 Å². The number of hydrogen-bond donors (Lipinski definition) is 1. The fourth-order valence-electron chi connectivity index (χ4n) is 3.23. The number of benzene rings is 2. The summed E-state index contributed by atoms with van der Waals surface area (Å²) in [7, 11) is -2.19. The number of methoxy groups -OCH3 is 1. The van der Waals surface area contributed by atoms with Crippen LogP contribution < -0.4 is 15.0 Å². The molecule has 0 bridgehead atoms. The molecule has 3 aromatic rings. The van der Waals surface area contributed by atoms with E-state index in [2.05, 4.69) is 20.4 Å². The summed E-state index contributed by atoms with van der Waals surface area (Å²) in [5.41, 5.74) is 1.38. The van der Waals surface area contributed by atoms with Gasteiger partial charge in [0.1, 0.15) is 5.75 Å². The highest BCUT2D eigenvalue weighted by molar-refractivity contribution is 7.91. The summed E-state index contributed by atoms with van der Waals surface area (Å²) in [5.74, 6) is 0.347. The zero-order valence-corrected chi connectivity index (χ0v) is 19.5. The van der Waals surface area contributed by atoms with Crippen LogP contribution in [0.3, 0.4) is 0 Å². The van der Waals surface area contributed by atoms with Gasteiger partial charge in [0.05, 0.1) is 7.11 Å². The second kappa shape index (κ2) is 9.41. The molecule has 2 heterocycles. The maximum Gasteiger partial charge on any atom is 0.272 e. The summed E-state index contributed by atoms with van der Waals surface area (Å²) in [5, 5.41) is 10.8. The van der Waals surface area contributed by atoms with Crippen LogP contribution in [0.5, 0.6) is 5.75 Å². The van der Waals surface area contributed by atoms with Crippen molar-refractivity contribution in [2.45, 2.75) is 4.34 Å². The van der Waals surface area contributed by atoms with E-state index in [1.807, 2.05) is 24.3 Å². The van der Waals surface area contributed by atoms with E-state index < -0.39 is 15.9 Å². The number of piperazine rings is 1. The average molecular weight is 494 g/mol. The minimum absolute atomic E-state index is 0.111. The average Bonchev–Trinajstić information content (AvgIpc) is 3.29. The Morgan fingerprint density at radius 2 is 1.69 bits per heavy atom. The van der Waals surface area contributed by atoms with E-state index >= 15 is 0 Å². The second-order valence-electron chi connectivity index (χ2n) is 6.92. The first-order chi connectivity index (χ1) is 15.4. The van der Waals surface area contributed by atoms with Crippen LogP contribution in [0, 0.1) is 0 Å². The zero-order chi connectivity index (χ0) is 22.7. The maximum absolute atomic E-state index is 13.0. The highest BCUT2D eigenvalue weighted by Gasteiger charge is 2.32. The molecule has 1 aliphatic rings. The minimum Gasteiger partial charge on any atom is -0.497 e. The van der Waals surface area contributed by atoms with Crippen LogP contribution in [0.4, 0.5) is 10.8 Å². The number of sulfonamides is 1. The number of carbonyl (C=O) groups excluding carboxylic acids is 1. The number of nitrogens with zero attached hydrogens (tertiary/aromatic N) is 4. The third-order valence-electron chi connectivity index (χ3n) is 4.97. The SMILES string of the molecule is COc1ccc(N2CCN(S(=O)(=O)c3nnc(NC(=O)c4ccc(Cl)cc4)s3)CC2)cc1. The second-order valence-corrected chi connectivity index (χ2v) is 10.4. The molecule has 32 heavy (non-hydrogen) atoms. The Morgan fingerprint density at radius 3 is 2.31 bits per heavy atom. The lowest BCUT2D eigenvalue weighted by atomic mass is 10.2. The molecule has 9 nitrogen and oxygen atoms in total. The number of halogens is 1. The highest BCUT2D eigenvalue weighted by atomic mass is 35.5. The molecule has 0 spiro atoms. The molecule has 1 fully saturated rings. The molecule has 168 valence electrons. The molecule has 0 atom stereocenters. The van der Waals surface area contributed by atoms with Gasteiger partial charge in [0.2, 0.25) is 9.47 Å². The molecular weight excluding hydrogens is 474 g/mol. The number of rotatable bonds is 6. The van der Waals surface area contributed by atoms with Crippen LogP contribution in [0.25, 0.3) is 0 Å². The Balaban J connectivity index is 1.39. The summed E-state index contributed by atoms with van der Waals surface area (Å²) in [6, 6.07) is 14.0. The van der Waals surface area contributed by atoms with Gasteiger partial charge < -0.3 is 9.64 Å². The van der Waals surface area contributed by atoms with Gasteiger partial charge in [-0.2, -0.15) is 4.31 Å². The summed E-state index contributed by atoms with van der Waals surface area (Å²) in [6.45, 7) is 1.73. The monoisotopic (exact) mass is 493 g/mol. The quantitative estimate of drug-likeness (QED) is 0.526. The molecule has 1 amide bonds. The van der Waals surface area contributed by atoms with E-state index in [-0.39, 0.29) is 9.47 Å².